The molecule has 4 nitrogen and oxygen atoms in total. The van der Waals surface area contributed by atoms with Gasteiger partial charge in [-0.2, -0.15) is 16.8 Å². The smallest absolute Gasteiger partial charge is 0.185 e. The summed E-state index contributed by atoms with van der Waals surface area (Å²) in [5, 5.41) is 2.40. The van der Waals surface area contributed by atoms with Crippen molar-refractivity contribution in [2.75, 3.05) is 0 Å². The molecule has 0 saturated heterocycles. The Morgan fingerprint density at radius 3 is 2.00 bits per heavy atom. The maximum atomic E-state index is 9.65. The third-order valence-electron chi connectivity index (χ3n) is 0.343. The van der Waals surface area contributed by atoms with Crippen LogP contribution in [-0.4, -0.2) is 27.2 Å². The highest BCUT2D eigenvalue weighted by Crippen LogP contribution is 1.45. The van der Waals surface area contributed by atoms with Crippen LogP contribution in [0.2, 0.25) is 0 Å². The van der Waals surface area contributed by atoms with Crippen LogP contribution in [-0.2, 0) is 20.6 Å². The first-order valence-electron chi connectivity index (χ1n) is 1.73. The molecule has 0 bridgehead atoms. The predicted octanol–water partition coefficient (Wildman–Crippen LogP) is -1.50. The van der Waals surface area contributed by atoms with Crippen molar-refractivity contribution in [3.05, 3.63) is 6.08 Å². The summed E-state index contributed by atoms with van der Waals surface area (Å²) in [7, 11) is -4.79. The van der Waals surface area contributed by atoms with E-state index in [0.717, 1.165) is 6.08 Å². The van der Waals surface area contributed by atoms with Crippen molar-refractivity contribution in [1.82, 2.24) is 0 Å². The van der Waals surface area contributed by atoms with Gasteiger partial charge < -0.3 is 0 Å². The van der Waals surface area contributed by atoms with Crippen molar-refractivity contribution in [3.63, 3.8) is 0 Å². The Hall–Kier alpha value is -0.840. The van der Waals surface area contributed by atoms with Gasteiger partial charge in [0.1, 0.15) is 0 Å². The van der Waals surface area contributed by atoms with Crippen molar-refractivity contribution >= 4 is 31.0 Å². The lowest BCUT2D eigenvalue weighted by atomic mass is 10.8. The normalized spacial score (nSPS) is 7.11. The van der Waals surface area contributed by atoms with Gasteiger partial charge in [0.05, 0.1) is 5.37 Å². The molecule has 9 heavy (non-hydrogen) atoms. The average Bonchev–Trinajstić information content (AvgIpc) is 1.63. The predicted molar refractivity (Wildman–Crippen MR) is 33.5 cm³/mol. The van der Waals surface area contributed by atoms with Gasteiger partial charge in [-0.25, -0.2) is 0 Å². The maximum absolute atomic E-state index is 9.65. The molecule has 0 aromatic carbocycles. The van der Waals surface area contributed by atoms with E-state index in [4.69, 9.17) is 0 Å². The van der Waals surface area contributed by atoms with Crippen LogP contribution in [0.3, 0.4) is 0 Å². The van der Waals surface area contributed by atoms with E-state index < -0.39 is 20.6 Å². The lowest BCUT2D eigenvalue weighted by Crippen LogP contribution is -1.66. The fourth-order valence-corrected chi connectivity index (χ4v) is 0.583. The number of rotatable bonds is 1. The molecule has 0 rings (SSSR count). The minimum atomic E-state index is -2.44. The molecule has 0 unspecified atom stereocenters. The van der Waals surface area contributed by atoms with Crippen LogP contribution in [0.1, 0.15) is 0 Å². The van der Waals surface area contributed by atoms with Crippen LogP contribution in [0.25, 0.3) is 0 Å². The van der Waals surface area contributed by atoms with Crippen LogP contribution < -0.4 is 0 Å². The Labute approximate surface area is 54.5 Å². The van der Waals surface area contributed by atoms with Gasteiger partial charge in [-0.1, -0.05) is 0 Å². The molecule has 0 aromatic rings. The maximum Gasteiger partial charge on any atom is 0.260 e. The van der Waals surface area contributed by atoms with Crippen molar-refractivity contribution in [2.45, 2.75) is 0 Å². The first-order chi connectivity index (χ1) is 4.13. The average molecular weight is 166 g/mol. The Morgan fingerprint density at radius 2 is 1.67 bits per heavy atom. The van der Waals surface area contributed by atoms with Gasteiger partial charge in [-0.05, 0) is 0 Å². The molecule has 0 aliphatic heterocycles. The Balaban J connectivity index is 4.84. The summed E-state index contributed by atoms with van der Waals surface area (Å²) in [5.41, 5.74) is 0. The van der Waals surface area contributed by atoms with Gasteiger partial charge in [0.15, 0.2) is 0 Å². The van der Waals surface area contributed by atoms with E-state index in [1.807, 2.05) is 0 Å². The summed E-state index contributed by atoms with van der Waals surface area (Å²) in [4.78, 5) is 0. The fourth-order valence-electron chi connectivity index (χ4n) is 0.139. The van der Waals surface area contributed by atoms with Crippen LogP contribution >= 0.6 is 0 Å². The molecule has 0 amide bonds. The van der Waals surface area contributed by atoms with Gasteiger partial charge in [-0.15, -0.1) is 0 Å². The molecule has 0 atom stereocenters. The highest BCUT2D eigenvalue weighted by Gasteiger charge is 1.61. The van der Waals surface area contributed by atoms with E-state index in [9.17, 15) is 16.8 Å². The first-order valence-corrected chi connectivity index (χ1v) is 3.94. The zero-order chi connectivity index (χ0) is 7.28. The summed E-state index contributed by atoms with van der Waals surface area (Å²) in [6.07, 6.45) is 0.798. The van der Waals surface area contributed by atoms with Gasteiger partial charge in [-0.3, -0.25) is 0 Å². The molecule has 0 spiro atoms. The SMILES string of the molecule is O=S(=O)=C=CC=S(=O)=O. The van der Waals surface area contributed by atoms with Gasteiger partial charge >= 0.3 is 0 Å². The molecule has 50 valence electrons. The van der Waals surface area contributed by atoms with Crippen LogP contribution in [0.15, 0.2) is 6.08 Å². The Bertz CT molecular complexity index is 346. The van der Waals surface area contributed by atoms with Crippen molar-refractivity contribution in [3.8, 4) is 0 Å². The van der Waals surface area contributed by atoms with Gasteiger partial charge in [0.2, 0.25) is 10.3 Å². The number of hydrogen-bond donors (Lipinski definition) is 0. The van der Waals surface area contributed by atoms with Crippen LogP contribution in [0.4, 0.5) is 0 Å². The van der Waals surface area contributed by atoms with Gasteiger partial charge in [0.25, 0.3) is 10.3 Å². The Kier molecular flexibility index (Phi) is 3.70. The molecule has 0 radical (unpaired) electrons. The zero-order valence-corrected chi connectivity index (χ0v) is 5.74. The van der Waals surface area contributed by atoms with Crippen LogP contribution in [0, 0.1) is 0 Å². The third-order valence-corrected chi connectivity index (χ3v) is 1.03. The minimum absolute atomic E-state index is 0.676. The molecule has 0 N–H and O–H groups in total. The third kappa shape index (κ3) is 7.16. The minimum Gasteiger partial charge on any atom is -0.185 e. The highest BCUT2D eigenvalue weighted by atomic mass is 32.2. The Morgan fingerprint density at radius 1 is 1.11 bits per heavy atom. The number of hydrogen-bond acceptors (Lipinski definition) is 4. The number of allylic oxidation sites excluding steroid dienone is 1. The quantitative estimate of drug-likeness (QED) is 0.351. The molecule has 0 fully saturated rings. The monoisotopic (exact) mass is 166 g/mol. The van der Waals surface area contributed by atoms with E-state index in [1.54, 1.807) is 5.02 Å². The summed E-state index contributed by atoms with van der Waals surface area (Å²) in [5.74, 6) is 0. The van der Waals surface area contributed by atoms with E-state index in [-0.39, 0.29) is 0 Å². The molecule has 0 aliphatic carbocycles. The second kappa shape index (κ2) is 4.08. The van der Waals surface area contributed by atoms with E-state index in [1.165, 1.54) is 0 Å². The largest absolute Gasteiger partial charge is 0.260 e. The summed E-state index contributed by atoms with van der Waals surface area (Å²) >= 11 is 0. The van der Waals surface area contributed by atoms with Crippen molar-refractivity contribution in [2.24, 2.45) is 0 Å². The van der Waals surface area contributed by atoms with E-state index >= 15 is 0 Å². The molecule has 0 heterocycles. The molecular weight excluding hydrogens is 164 g/mol. The lowest BCUT2D eigenvalue weighted by Gasteiger charge is -1.48. The van der Waals surface area contributed by atoms with Crippen molar-refractivity contribution < 1.29 is 16.8 Å². The highest BCUT2D eigenvalue weighted by molar-refractivity contribution is 7.72. The lowest BCUT2D eigenvalue weighted by molar-refractivity contribution is 0.626. The fraction of sp³-hybridized carbons (Fsp3) is 0. The molecule has 0 aliphatic rings. The van der Waals surface area contributed by atoms with Crippen molar-refractivity contribution in [1.29, 1.82) is 0 Å². The van der Waals surface area contributed by atoms with Gasteiger partial charge in [0, 0.05) is 11.1 Å². The first kappa shape index (κ1) is 8.16. The van der Waals surface area contributed by atoms with Crippen LogP contribution in [0.5, 0.6) is 0 Å². The summed E-state index contributed by atoms with van der Waals surface area (Å²) < 4.78 is 38.5. The molecular formula is C3H2O4S2. The topological polar surface area (TPSA) is 68.3 Å². The molecule has 6 heteroatoms. The summed E-state index contributed by atoms with van der Waals surface area (Å²) in [6, 6.07) is 0. The zero-order valence-electron chi connectivity index (χ0n) is 4.10. The van der Waals surface area contributed by atoms with E-state index in [0.29, 0.717) is 5.37 Å². The summed E-state index contributed by atoms with van der Waals surface area (Å²) in [6.45, 7) is 0. The molecule has 0 aromatic heterocycles. The van der Waals surface area contributed by atoms with E-state index in [2.05, 4.69) is 0 Å². The standard InChI is InChI=1S/C3H2O4S2/c4-8(5)2-1-3-9(6)7/h1-2H. The second-order valence-corrected chi connectivity index (χ2v) is 2.41. The second-order valence-electron chi connectivity index (χ2n) is 0.916. The molecule has 0 saturated carbocycles.